The summed E-state index contributed by atoms with van der Waals surface area (Å²) in [6.45, 7) is 9.24. The molecule has 0 aliphatic carbocycles. The van der Waals surface area contributed by atoms with Crippen molar-refractivity contribution in [3.05, 3.63) is 28.8 Å². The second-order valence-corrected chi connectivity index (χ2v) is 5.05. The van der Waals surface area contributed by atoms with Crippen molar-refractivity contribution in [3.63, 3.8) is 0 Å². The fourth-order valence-corrected chi connectivity index (χ4v) is 1.93. The maximum absolute atomic E-state index is 6.13. The number of benzene rings is 1. The number of ether oxygens (including phenoxy) is 2. The van der Waals surface area contributed by atoms with E-state index >= 15 is 0 Å². The summed E-state index contributed by atoms with van der Waals surface area (Å²) in [5, 5.41) is 4.05. The molecule has 3 nitrogen and oxygen atoms in total. The van der Waals surface area contributed by atoms with E-state index in [0.717, 1.165) is 31.9 Å². The second-order valence-electron chi connectivity index (χ2n) is 4.65. The van der Waals surface area contributed by atoms with Gasteiger partial charge in [-0.3, -0.25) is 0 Å². The molecule has 0 aromatic heterocycles. The van der Waals surface area contributed by atoms with Crippen LogP contribution < -0.4 is 10.1 Å². The Morgan fingerprint density at radius 2 is 2.05 bits per heavy atom. The molecule has 0 amide bonds. The second kappa shape index (κ2) is 11.2. The van der Waals surface area contributed by atoms with E-state index in [9.17, 15) is 0 Å². The maximum Gasteiger partial charge on any atom is 0.137 e. The van der Waals surface area contributed by atoms with Gasteiger partial charge in [-0.15, -0.1) is 12.4 Å². The van der Waals surface area contributed by atoms with Gasteiger partial charge in [0.2, 0.25) is 0 Å². The largest absolute Gasteiger partial charge is 0.492 e. The molecule has 5 heteroatoms. The molecule has 0 saturated heterocycles. The van der Waals surface area contributed by atoms with E-state index in [-0.39, 0.29) is 12.4 Å². The molecule has 1 rings (SSSR count). The molecule has 1 N–H and O–H groups in total. The number of hydrogen-bond donors (Lipinski definition) is 1. The molecular formula is C15H25Cl2NO2. The van der Waals surface area contributed by atoms with Gasteiger partial charge in [0.15, 0.2) is 0 Å². The lowest BCUT2D eigenvalue weighted by atomic mass is 10.2. The molecule has 0 heterocycles. The lowest BCUT2D eigenvalue weighted by Gasteiger charge is -2.10. The summed E-state index contributed by atoms with van der Waals surface area (Å²) in [5.41, 5.74) is 1.17. The van der Waals surface area contributed by atoms with Crippen molar-refractivity contribution in [2.75, 3.05) is 19.8 Å². The van der Waals surface area contributed by atoms with Gasteiger partial charge in [0.25, 0.3) is 0 Å². The summed E-state index contributed by atoms with van der Waals surface area (Å²) >= 11 is 6.13. The Balaban J connectivity index is 0.00000361. The molecular weight excluding hydrogens is 297 g/mol. The van der Waals surface area contributed by atoms with Crippen LogP contribution in [0.1, 0.15) is 32.8 Å². The van der Waals surface area contributed by atoms with Crippen molar-refractivity contribution in [1.82, 2.24) is 5.32 Å². The summed E-state index contributed by atoms with van der Waals surface area (Å²) in [4.78, 5) is 0. The molecule has 0 bridgehead atoms. The summed E-state index contributed by atoms with van der Waals surface area (Å²) in [7, 11) is 0. The van der Waals surface area contributed by atoms with Gasteiger partial charge < -0.3 is 14.8 Å². The Morgan fingerprint density at radius 1 is 1.30 bits per heavy atom. The van der Waals surface area contributed by atoms with Crippen molar-refractivity contribution >= 4 is 24.0 Å². The molecule has 0 radical (unpaired) electrons. The standard InChI is InChI=1S/C15H24ClNO2.ClH/c1-4-18-15-7-6-13(10-14(15)16)11-17-8-5-9-19-12(2)3;/h6-7,10,12,17H,4-5,8-9,11H2,1-3H3;1H. The minimum atomic E-state index is 0. The molecule has 0 spiro atoms. The summed E-state index contributed by atoms with van der Waals surface area (Å²) in [5.74, 6) is 0.748. The zero-order valence-corrected chi connectivity index (χ0v) is 14.0. The van der Waals surface area contributed by atoms with E-state index in [2.05, 4.69) is 19.2 Å². The zero-order valence-electron chi connectivity index (χ0n) is 12.4. The van der Waals surface area contributed by atoms with Gasteiger partial charge in [-0.2, -0.15) is 0 Å². The van der Waals surface area contributed by atoms with Crippen LogP contribution in [0.15, 0.2) is 18.2 Å². The van der Waals surface area contributed by atoms with Crippen LogP contribution in [0.5, 0.6) is 5.75 Å². The molecule has 1 aromatic rings. The van der Waals surface area contributed by atoms with Crippen molar-refractivity contribution in [1.29, 1.82) is 0 Å². The van der Waals surface area contributed by atoms with E-state index in [1.54, 1.807) is 0 Å². The normalized spacial score (nSPS) is 10.4. The van der Waals surface area contributed by atoms with Crippen LogP contribution in [0.3, 0.4) is 0 Å². The van der Waals surface area contributed by atoms with Gasteiger partial charge in [-0.1, -0.05) is 17.7 Å². The van der Waals surface area contributed by atoms with E-state index in [4.69, 9.17) is 21.1 Å². The lowest BCUT2D eigenvalue weighted by Crippen LogP contribution is -2.17. The lowest BCUT2D eigenvalue weighted by molar-refractivity contribution is 0.0770. The zero-order chi connectivity index (χ0) is 14.1. The first-order valence-electron chi connectivity index (χ1n) is 6.87. The first-order valence-corrected chi connectivity index (χ1v) is 7.24. The van der Waals surface area contributed by atoms with Crippen LogP contribution in [-0.4, -0.2) is 25.9 Å². The number of nitrogens with one attached hydrogen (secondary N) is 1. The maximum atomic E-state index is 6.13. The van der Waals surface area contributed by atoms with Gasteiger partial charge >= 0.3 is 0 Å². The predicted octanol–water partition coefficient (Wildman–Crippen LogP) is 4.07. The fourth-order valence-electron chi connectivity index (χ4n) is 1.68. The Morgan fingerprint density at radius 3 is 2.65 bits per heavy atom. The van der Waals surface area contributed by atoms with E-state index in [1.165, 1.54) is 5.56 Å². The van der Waals surface area contributed by atoms with Crippen molar-refractivity contribution in [2.24, 2.45) is 0 Å². The van der Waals surface area contributed by atoms with E-state index in [1.807, 2.05) is 25.1 Å². The molecule has 116 valence electrons. The molecule has 0 unspecified atom stereocenters. The number of hydrogen-bond acceptors (Lipinski definition) is 3. The summed E-state index contributed by atoms with van der Waals surface area (Å²) in [6.07, 6.45) is 1.33. The molecule has 0 fully saturated rings. The summed E-state index contributed by atoms with van der Waals surface area (Å²) in [6, 6.07) is 5.91. The van der Waals surface area contributed by atoms with Crippen LogP contribution in [0, 0.1) is 0 Å². The molecule has 1 aromatic carbocycles. The first kappa shape index (κ1) is 19.5. The third-order valence-electron chi connectivity index (χ3n) is 2.57. The highest BCUT2D eigenvalue weighted by Crippen LogP contribution is 2.25. The quantitative estimate of drug-likeness (QED) is 0.695. The molecule has 0 aliphatic heterocycles. The van der Waals surface area contributed by atoms with Gasteiger partial charge in [0.1, 0.15) is 5.75 Å². The van der Waals surface area contributed by atoms with Crippen LogP contribution in [0.4, 0.5) is 0 Å². The third-order valence-corrected chi connectivity index (χ3v) is 2.87. The summed E-state index contributed by atoms with van der Waals surface area (Å²) < 4.78 is 10.9. The highest BCUT2D eigenvalue weighted by Gasteiger charge is 2.02. The predicted molar refractivity (Wildman–Crippen MR) is 87.3 cm³/mol. The Hall–Kier alpha value is -0.480. The number of halogens is 2. The third kappa shape index (κ3) is 7.95. The van der Waals surface area contributed by atoms with Gasteiger partial charge in [0, 0.05) is 13.2 Å². The fraction of sp³-hybridized carbons (Fsp3) is 0.600. The van der Waals surface area contributed by atoms with E-state index < -0.39 is 0 Å². The van der Waals surface area contributed by atoms with Crippen LogP contribution in [0.2, 0.25) is 5.02 Å². The monoisotopic (exact) mass is 321 g/mol. The average molecular weight is 322 g/mol. The molecule has 20 heavy (non-hydrogen) atoms. The molecule has 0 atom stereocenters. The van der Waals surface area contributed by atoms with Gasteiger partial charge in [-0.25, -0.2) is 0 Å². The smallest absolute Gasteiger partial charge is 0.137 e. The van der Waals surface area contributed by atoms with Crippen LogP contribution >= 0.6 is 24.0 Å². The highest BCUT2D eigenvalue weighted by atomic mass is 35.5. The van der Waals surface area contributed by atoms with Gasteiger partial charge in [0.05, 0.1) is 17.7 Å². The van der Waals surface area contributed by atoms with Crippen LogP contribution in [0.25, 0.3) is 0 Å². The number of rotatable bonds is 9. The molecule has 0 aliphatic rings. The van der Waals surface area contributed by atoms with Crippen molar-refractivity contribution < 1.29 is 9.47 Å². The Bertz CT molecular complexity index is 373. The van der Waals surface area contributed by atoms with Crippen LogP contribution in [-0.2, 0) is 11.3 Å². The molecule has 0 saturated carbocycles. The minimum Gasteiger partial charge on any atom is -0.492 e. The minimum absolute atomic E-state index is 0. The SMILES string of the molecule is CCOc1ccc(CNCCCOC(C)C)cc1Cl.Cl. The Labute approximate surface area is 133 Å². The first-order chi connectivity index (χ1) is 9.13. The topological polar surface area (TPSA) is 30.5 Å². The average Bonchev–Trinajstić information content (AvgIpc) is 2.36. The van der Waals surface area contributed by atoms with Gasteiger partial charge in [-0.05, 0) is 51.4 Å². The van der Waals surface area contributed by atoms with E-state index in [0.29, 0.717) is 17.7 Å². The highest BCUT2D eigenvalue weighted by molar-refractivity contribution is 6.32. The van der Waals surface area contributed by atoms with Crippen molar-refractivity contribution in [3.8, 4) is 5.75 Å². The van der Waals surface area contributed by atoms with Crippen molar-refractivity contribution in [2.45, 2.75) is 39.8 Å². The Kier molecular flexibility index (Phi) is 10.9.